The van der Waals surface area contributed by atoms with Crippen molar-refractivity contribution in [2.45, 2.75) is 13.8 Å². The Balaban J connectivity index is 1.73. The van der Waals surface area contributed by atoms with Crippen molar-refractivity contribution in [3.63, 3.8) is 0 Å². The molecular weight excluding hydrogens is 380 g/mol. The molecule has 0 radical (unpaired) electrons. The van der Waals surface area contributed by atoms with E-state index in [9.17, 15) is 9.59 Å². The predicted molar refractivity (Wildman–Crippen MR) is 114 cm³/mol. The lowest BCUT2D eigenvalue weighted by atomic mass is 10.1. The molecule has 0 unspecified atom stereocenters. The third kappa shape index (κ3) is 3.77. The third-order valence-corrected chi connectivity index (χ3v) is 4.64. The fraction of sp³-hybridized carbons (Fsp3) is 0.130. The number of aryl methyl sites for hydroxylation is 2. The van der Waals surface area contributed by atoms with Crippen molar-refractivity contribution in [3.05, 3.63) is 71.9 Å². The van der Waals surface area contributed by atoms with Crippen LogP contribution in [0.1, 0.15) is 23.0 Å². The molecule has 0 fully saturated rings. The molecule has 7 nitrogen and oxygen atoms in total. The monoisotopic (exact) mass is 400 g/mol. The van der Waals surface area contributed by atoms with Crippen molar-refractivity contribution in [1.82, 2.24) is 14.8 Å². The Morgan fingerprint density at radius 1 is 1.03 bits per heavy atom. The van der Waals surface area contributed by atoms with Crippen molar-refractivity contribution in [1.29, 1.82) is 0 Å². The molecule has 0 spiro atoms. The lowest BCUT2D eigenvalue weighted by molar-refractivity contribution is -0.114. The van der Waals surface area contributed by atoms with Gasteiger partial charge >= 0.3 is 5.97 Å². The number of pyridine rings is 1. The highest BCUT2D eigenvalue weighted by atomic mass is 16.5. The normalized spacial score (nSPS) is 10.8. The fourth-order valence-electron chi connectivity index (χ4n) is 3.33. The first-order chi connectivity index (χ1) is 14.4. The average molecular weight is 400 g/mol. The number of nitrogens with zero attached hydrogens (tertiary/aromatic N) is 3. The first kappa shape index (κ1) is 19.3. The van der Waals surface area contributed by atoms with Gasteiger partial charge in [-0.2, -0.15) is 5.10 Å². The average Bonchev–Trinajstić information content (AvgIpc) is 3.03. The van der Waals surface area contributed by atoms with E-state index in [1.54, 1.807) is 42.1 Å². The Morgan fingerprint density at radius 3 is 2.40 bits per heavy atom. The topological polar surface area (TPSA) is 86.1 Å². The summed E-state index contributed by atoms with van der Waals surface area (Å²) in [6.45, 7) is 3.27. The van der Waals surface area contributed by atoms with Crippen LogP contribution in [-0.2, 0) is 11.8 Å². The van der Waals surface area contributed by atoms with Gasteiger partial charge in [0.05, 0.1) is 22.3 Å². The van der Waals surface area contributed by atoms with E-state index in [0.29, 0.717) is 39.4 Å². The lowest BCUT2D eigenvalue weighted by Gasteiger charge is -2.09. The molecule has 0 saturated heterocycles. The van der Waals surface area contributed by atoms with Gasteiger partial charge in [0.15, 0.2) is 5.65 Å². The molecule has 2 heterocycles. The minimum Gasteiger partial charge on any atom is -0.423 e. The molecule has 0 atom stereocenters. The van der Waals surface area contributed by atoms with E-state index in [4.69, 9.17) is 9.72 Å². The minimum absolute atomic E-state index is 0.167. The number of carbonyl (C=O) groups is 2. The summed E-state index contributed by atoms with van der Waals surface area (Å²) in [5.41, 5.74) is 3.90. The number of ether oxygens (including phenoxy) is 1. The molecule has 30 heavy (non-hydrogen) atoms. The molecule has 0 aliphatic heterocycles. The Bertz CT molecular complexity index is 1250. The molecule has 0 aliphatic rings. The number of fused-ring (bicyclic) bond motifs is 1. The number of esters is 1. The number of aromatic nitrogens is 3. The van der Waals surface area contributed by atoms with Crippen LogP contribution >= 0.6 is 0 Å². The quantitative estimate of drug-likeness (QED) is 0.411. The Kier molecular flexibility index (Phi) is 5.02. The summed E-state index contributed by atoms with van der Waals surface area (Å²) in [6, 6.07) is 18.0. The van der Waals surface area contributed by atoms with Crippen molar-refractivity contribution in [2.24, 2.45) is 7.05 Å². The third-order valence-electron chi connectivity index (χ3n) is 4.64. The summed E-state index contributed by atoms with van der Waals surface area (Å²) in [5.74, 6) is -0.288. The SMILES string of the molecule is CC(=O)Nc1ccc(OC(=O)c2cc(-c3ccccc3)nc3c2c(C)nn3C)cc1. The Labute approximate surface area is 173 Å². The van der Waals surface area contributed by atoms with Crippen LogP contribution < -0.4 is 10.1 Å². The maximum atomic E-state index is 13.1. The zero-order chi connectivity index (χ0) is 21.3. The van der Waals surface area contributed by atoms with Crippen molar-refractivity contribution < 1.29 is 14.3 Å². The number of anilines is 1. The molecule has 2 aromatic carbocycles. The van der Waals surface area contributed by atoms with Crippen molar-refractivity contribution in [3.8, 4) is 17.0 Å². The number of benzene rings is 2. The van der Waals surface area contributed by atoms with Gasteiger partial charge < -0.3 is 10.1 Å². The van der Waals surface area contributed by atoms with Gasteiger partial charge in [0.25, 0.3) is 0 Å². The van der Waals surface area contributed by atoms with Gasteiger partial charge in [0.2, 0.25) is 5.91 Å². The van der Waals surface area contributed by atoms with Crippen LogP contribution in [0.3, 0.4) is 0 Å². The largest absolute Gasteiger partial charge is 0.423 e. The smallest absolute Gasteiger partial charge is 0.344 e. The highest BCUT2D eigenvalue weighted by molar-refractivity contribution is 6.05. The molecular formula is C23H20N4O3. The summed E-state index contributed by atoms with van der Waals surface area (Å²) in [7, 11) is 1.80. The molecule has 0 saturated carbocycles. The summed E-state index contributed by atoms with van der Waals surface area (Å²) < 4.78 is 7.27. The molecule has 4 aromatic rings. The van der Waals surface area contributed by atoms with Crippen LogP contribution in [0, 0.1) is 6.92 Å². The Morgan fingerprint density at radius 2 is 1.73 bits per heavy atom. The highest BCUT2D eigenvalue weighted by Gasteiger charge is 2.21. The van der Waals surface area contributed by atoms with E-state index < -0.39 is 5.97 Å². The Hall–Kier alpha value is -4.00. The maximum Gasteiger partial charge on any atom is 0.344 e. The van der Waals surface area contributed by atoms with Crippen molar-refractivity contribution >= 4 is 28.6 Å². The zero-order valence-corrected chi connectivity index (χ0v) is 16.8. The standard InChI is InChI=1S/C23H20N4O3/c1-14-21-19(23(29)30-18-11-9-17(10-12-18)24-15(2)28)13-20(16-7-5-4-6-8-16)25-22(21)27(3)26-14/h4-13H,1-3H3,(H,24,28). The van der Waals surface area contributed by atoms with Crippen LogP contribution in [0.15, 0.2) is 60.7 Å². The number of hydrogen-bond donors (Lipinski definition) is 1. The first-order valence-corrected chi connectivity index (χ1v) is 9.42. The van der Waals surface area contributed by atoms with Gasteiger partial charge in [0, 0.05) is 25.2 Å². The van der Waals surface area contributed by atoms with E-state index in [2.05, 4.69) is 10.4 Å². The van der Waals surface area contributed by atoms with Crippen LogP contribution in [0.2, 0.25) is 0 Å². The molecule has 0 bridgehead atoms. The minimum atomic E-state index is -0.497. The van der Waals surface area contributed by atoms with E-state index in [1.807, 2.05) is 37.3 Å². The summed E-state index contributed by atoms with van der Waals surface area (Å²) in [5, 5.41) is 7.76. The number of nitrogens with one attached hydrogen (secondary N) is 1. The number of rotatable bonds is 4. The van der Waals surface area contributed by atoms with Crippen molar-refractivity contribution in [2.75, 3.05) is 5.32 Å². The second-order valence-electron chi connectivity index (χ2n) is 6.92. The van der Waals surface area contributed by atoms with Crippen LogP contribution in [0.4, 0.5) is 5.69 Å². The molecule has 150 valence electrons. The van der Waals surface area contributed by atoms with Crippen LogP contribution in [0.25, 0.3) is 22.3 Å². The fourth-order valence-corrected chi connectivity index (χ4v) is 3.33. The van der Waals surface area contributed by atoms with Gasteiger partial charge in [-0.05, 0) is 37.3 Å². The number of amides is 1. The maximum absolute atomic E-state index is 13.1. The van der Waals surface area contributed by atoms with E-state index in [-0.39, 0.29) is 5.91 Å². The molecule has 0 aliphatic carbocycles. The van der Waals surface area contributed by atoms with E-state index in [1.165, 1.54) is 6.92 Å². The molecule has 1 N–H and O–H groups in total. The van der Waals surface area contributed by atoms with Gasteiger partial charge in [-0.25, -0.2) is 9.78 Å². The molecule has 2 aromatic heterocycles. The van der Waals surface area contributed by atoms with Gasteiger partial charge in [-0.1, -0.05) is 30.3 Å². The van der Waals surface area contributed by atoms with Gasteiger partial charge in [-0.3, -0.25) is 9.48 Å². The van der Waals surface area contributed by atoms with Gasteiger partial charge in [-0.15, -0.1) is 0 Å². The second-order valence-corrected chi connectivity index (χ2v) is 6.92. The first-order valence-electron chi connectivity index (χ1n) is 9.42. The van der Waals surface area contributed by atoms with E-state index >= 15 is 0 Å². The molecule has 1 amide bonds. The number of carbonyl (C=O) groups excluding carboxylic acids is 2. The van der Waals surface area contributed by atoms with Crippen LogP contribution in [-0.4, -0.2) is 26.6 Å². The van der Waals surface area contributed by atoms with Crippen LogP contribution in [0.5, 0.6) is 5.75 Å². The highest BCUT2D eigenvalue weighted by Crippen LogP contribution is 2.28. The predicted octanol–water partition coefficient (Wildman–Crippen LogP) is 4.12. The van der Waals surface area contributed by atoms with E-state index in [0.717, 1.165) is 5.56 Å². The summed E-state index contributed by atoms with van der Waals surface area (Å²) in [4.78, 5) is 28.9. The summed E-state index contributed by atoms with van der Waals surface area (Å²) in [6.07, 6.45) is 0. The number of hydrogen-bond acceptors (Lipinski definition) is 5. The molecule has 7 heteroatoms. The second kappa shape index (κ2) is 7.79. The lowest BCUT2D eigenvalue weighted by Crippen LogP contribution is -2.11. The van der Waals surface area contributed by atoms with Gasteiger partial charge in [0.1, 0.15) is 5.75 Å². The summed E-state index contributed by atoms with van der Waals surface area (Å²) >= 11 is 0. The zero-order valence-electron chi connectivity index (χ0n) is 16.8. The molecule has 4 rings (SSSR count).